The predicted molar refractivity (Wildman–Crippen MR) is 61.1 cm³/mol. The van der Waals surface area contributed by atoms with Crippen molar-refractivity contribution in [3.05, 3.63) is 29.3 Å². The summed E-state index contributed by atoms with van der Waals surface area (Å²) in [5, 5.41) is 1.27. The third-order valence-corrected chi connectivity index (χ3v) is 3.60. The van der Waals surface area contributed by atoms with Crippen molar-refractivity contribution in [2.75, 3.05) is 0 Å². The van der Waals surface area contributed by atoms with Crippen molar-refractivity contribution in [1.82, 2.24) is 0 Å². The summed E-state index contributed by atoms with van der Waals surface area (Å²) >= 11 is 5.88. The Morgan fingerprint density at radius 3 is 2.31 bits per heavy atom. The molecule has 0 amide bonds. The van der Waals surface area contributed by atoms with Gasteiger partial charge in [0.15, 0.2) is 0 Å². The third kappa shape index (κ3) is 2.35. The van der Waals surface area contributed by atoms with Gasteiger partial charge in [0.2, 0.25) is 8.83 Å². The lowest BCUT2D eigenvalue weighted by Crippen LogP contribution is -2.21. The van der Waals surface area contributed by atoms with Gasteiger partial charge >= 0.3 is 0 Å². The highest BCUT2D eigenvalue weighted by Crippen LogP contribution is 2.24. The van der Waals surface area contributed by atoms with Gasteiger partial charge < -0.3 is 0 Å². The number of hydrogen-bond donors (Lipinski definition) is 0. The molecular formula is C11H15ClSi. The standard InChI is InChI=1S/C11H15ClSi/c1-8-9(11(2,3)4)6-5-7-10(8)13-12/h5-7H,1-4H3. The molecule has 0 N–H and O–H groups in total. The van der Waals surface area contributed by atoms with E-state index in [2.05, 4.69) is 45.9 Å². The van der Waals surface area contributed by atoms with Crippen LogP contribution in [0.1, 0.15) is 31.9 Å². The quantitative estimate of drug-likeness (QED) is 0.494. The normalized spacial score (nSPS) is 11.8. The monoisotopic (exact) mass is 210 g/mol. The number of benzene rings is 1. The summed E-state index contributed by atoms with van der Waals surface area (Å²) in [6, 6.07) is 6.39. The van der Waals surface area contributed by atoms with Gasteiger partial charge in [-0.1, -0.05) is 39.0 Å². The zero-order chi connectivity index (χ0) is 10.1. The van der Waals surface area contributed by atoms with Crippen molar-refractivity contribution in [3.8, 4) is 0 Å². The Morgan fingerprint density at radius 1 is 1.23 bits per heavy atom. The second kappa shape index (κ2) is 3.85. The molecule has 0 fully saturated rings. The van der Waals surface area contributed by atoms with Crippen LogP contribution in [-0.4, -0.2) is 8.83 Å². The Labute approximate surface area is 87.8 Å². The second-order valence-electron chi connectivity index (χ2n) is 4.32. The van der Waals surface area contributed by atoms with Crippen molar-refractivity contribution in [1.29, 1.82) is 0 Å². The van der Waals surface area contributed by atoms with E-state index in [-0.39, 0.29) is 5.41 Å². The molecule has 0 aromatic heterocycles. The minimum absolute atomic E-state index is 0.219. The van der Waals surface area contributed by atoms with E-state index in [1.54, 1.807) is 0 Å². The fourth-order valence-corrected chi connectivity index (χ4v) is 2.60. The van der Waals surface area contributed by atoms with E-state index >= 15 is 0 Å². The molecule has 0 heterocycles. The smallest absolute Gasteiger partial charge is 0.165 e. The van der Waals surface area contributed by atoms with Gasteiger partial charge in [-0.05, 0) is 28.7 Å². The molecule has 0 saturated carbocycles. The van der Waals surface area contributed by atoms with Gasteiger partial charge in [-0.2, -0.15) is 11.1 Å². The third-order valence-electron chi connectivity index (χ3n) is 2.24. The van der Waals surface area contributed by atoms with Gasteiger partial charge in [0.05, 0.1) is 0 Å². The molecule has 0 bridgehead atoms. The molecule has 0 nitrogen and oxygen atoms in total. The lowest BCUT2D eigenvalue weighted by Gasteiger charge is -2.22. The van der Waals surface area contributed by atoms with E-state index < -0.39 is 0 Å². The molecule has 13 heavy (non-hydrogen) atoms. The Bertz CT molecular complexity index is 299. The molecule has 70 valence electrons. The number of hydrogen-bond acceptors (Lipinski definition) is 0. The topological polar surface area (TPSA) is 0 Å². The molecule has 1 rings (SSSR count). The highest BCUT2D eigenvalue weighted by atomic mass is 35.6. The first-order chi connectivity index (χ1) is 5.96. The first-order valence-corrected chi connectivity index (χ1v) is 6.44. The molecule has 0 aliphatic carbocycles. The summed E-state index contributed by atoms with van der Waals surface area (Å²) in [6.07, 6.45) is 0. The number of rotatable bonds is 1. The van der Waals surface area contributed by atoms with Crippen LogP contribution in [0.5, 0.6) is 0 Å². The summed E-state index contributed by atoms with van der Waals surface area (Å²) in [7, 11) is 0.377. The summed E-state index contributed by atoms with van der Waals surface area (Å²) in [5.41, 5.74) is 2.97. The maximum Gasteiger partial charge on any atom is 0.210 e. The van der Waals surface area contributed by atoms with Crippen LogP contribution in [0.15, 0.2) is 18.2 Å². The second-order valence-corrected chi connectivity index (χ2v) is 5.62. The van der Waals surface area contributed by atoms with Gasteiger partial charge in [-0.25, -0.2) is 0 Å². The molecule has 1 aromatic rings. The molecule has 0 spiro atoms. The van der Waals surface area contributed by atoms with Crippen LogP contribution in [0, 0.1) is 6.92 Å². The molecule has 0 unspecified atom stereocenters. The number of halogens is 1. The van der Waals surface area contributed by atoms with Gasteiger partial charge in [0.1, 0.15) is 0 Å². The Morgan fingerprint density at radius 2 is 1.85 bits per heavy atom. The zero-order valence-electron chi connectivity index (χ0n) is 8.61. The van der Waals surface area contributed by atoms with Crippen LogP contribution < -0.4 is 5.19 Å². The summed E-state index contributed by atoms with van der Waals surface area (Å²) in [5.74, 6) is 0. The Hall–Kier alpha value is -0.273. The molecular weight excluding hydrogens is 196 g/mol. The van der Waals surface area contributed by atoms with E-state index in [9.17, 15) is 0 Å². The van der Waals surface area contributed by atoms with Crippen LogP contribution >= 0.6 is 11.1 Å². The van der Waals surface area contributed by atoms with Crippen molar-refractivity contribution in [2.24, 2.45) is 0 Å². The van der Waals surface area contributed by atoms with Gasteiger partial charge in [0, 0.05) is 0 Å². The molecule has 2 heteroatoms. The fourth-order valence-electron chi connectivity index (χ4n) is 1.55. The Balaban J connectivity index is 3.24. The highest BCUT2D eigenvalue weighted by Gasteiger charge is 2.17. The first-order valence-electron chi connectivity index (χ1n) is 4.43. The Kier molecular flexibility index (Phi) is 3.20. The minimum atomic E-state index is 0.219. The molecule has 1 aromatic carbocycles. The van der Waals surface area contributed by atoms with E-state index in [4.69, 9.17) is 11.1 Å². The largest absolute Gasteiger partial charge is 0.210 e. The van der Waals surface area contributed by atoms with Crippen molar-refractivity contribution in [3.63, 3.8) is 0 Å². The van der Waals surface area contributed by atoms with Crippen molar-refractivity contribution in [2.45, 2.75) is 33.1 Å². The fraction of sp³-hybridized carbons (Fsp3) is 0.455. The lowest BCUT2D eigenvalue weighted by atomic mass is 9.84. The van der Waals surface area contributed by atoms with Crippen LogP contribution in [0.4, 0.5) is 0 Å². The van der Waals surface area contributed by atoms with Crippen LogP contribution in [-0.2, 0) is 5.41 Å². The lowest BCUT2D eigenvalue weighted by molar-refractivity contribution is 0.587. The van der Waals surface area contributed by atoms with Crippen molar-refractivity contribution < 1.29 is 0 Å². The predicted octanol–water partition coefficient (Wildman–Crippen LogP) is 2.78. The summed E-state index contributed by atoms with van der Waals surface area (Å²) in [6.45, 7) is 8.86. The summed E-state index contributed by atoms with van der Waals surface area (Å²) < 4.78 is 0. The maximum atomic E-state index is 5.88. The van der Waals surface area contributed by atoms with E-state index in [1.165, 1.54) is 16.3 Å². The molecule has 0 aliphatic heterocycles. The SMILES string of the molecule is Cc1c([Si]Cl)cccc1C(C)(C)C. The van der Waals surface area contributed by atoms with Crippen LogP contribution in [0.3, 0.4) is 0 Å². The zero-order valence-corrected chi connectivity index (χ0v) is 10.4. The molecule has 2 radical (unpaired) electrons. The van der Waals surface area contributed by atoms with E-state index in [0.717, 1.165) is 0 Å². The summed E-state index contributed by atoms with van der Waals surface area (Å²) in [4.78, 5) is 0. The van der Waals surface area contributed by atoms with Gasteiger partial charge in [0.25, 0.3) is 0 Å². The first kappa shape index (κ1) is 10.8. The average molecular weight is 211 g/mol. The molecule has 0 saturated heterocycles. The van der Waals surface area contributed by atoms with Crippen LogP contribution in [0.2, 0.25) is 0 Å². The van der Waals surface area contributed by atoms with E-state index in [0.29, 0.717) is 8.83 Å². The van der Waals surface area contributed by atoms with Crippen molar-refractivity contribution >= 4 is 25.1 Å². The average Bonchev–Trinajstić information content (AvgIpc) is 2.02. The van der Waals surface area contributed by atoms with E-state index in [1.807, 2.05) is 0 Å². The minimum Gasteiger partial charge on any atom is -0.165 e. The van der Waals surface area contributed by atoms with Crippen LogP contribution in [0.25, 0.3) is 0 Å². The van der Waals surface area contributed by atoms with Gasteiger partial charge in [-0.15, -0.1) is 0 Å². The maximum absolute atomic E-state index is 5.88. The highest BCUT2D eigenvalue weighted by molar-refractivity contribution is 7.01. The molecule has 0 atom stereocenters. The molecule has 0 aliphatic rings. The van der Waals surface area contributed by atoms with Gasteiger partial charge in [-0.3, -0.25) is 0 Å².